The molecule has 0 aromatic carbocycles. The minimum absolute atomic E-state index is 0.541. The summed E-state index contributed by atoms with van der Waals surface area (Å²) in [5.74, 6) is 4.32. The van der Waals surface area contributed by atoms with Gasteiger partial charge in [-0.2, -0.15) is 0 Å². The molecule has 0 unspecified atom stereocenters. The Morgan fingerprint density at radius 1 is 1.55 bits per heavy atom. The van der Waals surface area contributed by atoms with Gasteiger partial charge in [0.25, 0.3) is 0 Å². The van der Waals surface area contributed by atoms with E-state index in [4.69, 9.17) is 10.9 Å². The van der Waals surface area contributed by atoms with E-state index in [0.29, 0.717) is 25.9 Å². The summed E-state index contributed by atoms with van der Waals surface area (Å²) in [7, 11) is 0. The van der Waals surface area contributed by atoms with Crippen molar-refractivity contribution < 1.29 is 9.90 Å². The lowest BCUT2D eigenvalue weighted by Gasteiger charge is -2.32. The zero-order valence-electron chi connectivity index (χ0n) is 6.26. The van der Waals surface area contributed by atoms with E-state index in [1.165, 1.54) is 0 Å². The number of nitrogens with two attached hydrogens (primary N) is 1. The van der Waals surface area contributed by atoms with Crippen LogP contribution in [0.3, 0.4) is 0 Å². The van der Waals surface area contributed by atoms with E-state index in [2.05, 4.69) is 10.7 Å². The van der Waals surface area contributed by atoms with Crippen molar-refractivity contribution in [3.8, 4) is 0 Å². The van der Waals surface area contributed by atoms with Crippen LogP contribution in [0.5, 0.6) is 0 Å². The molecule has 0 saturated carbocycles. The molecule has 1 fully saturated rings. The fraction of sp³-hybridized carbons (Fsp3) is 0.833. The molecule has 0 radical (unpaired) electrons. The lowest BCUT2D eigenvalue weighted by Crippen LogP contribution is -2.60. The summed E-state index contributed by atoms with van der Waals surface area (Å²) in [6, 6.07) is 0. The Balaban J connectivity index is 2.64. The molecule has 5 N–H and O–H groups in total. The highest BCUT2D eigenvalue weighted by Crippen LogP contribution is 2.16. The van der Waals surface area contributed by atoms with Gasteiger partial charge in [0.1, 0.15) is 5.54 Å². The number of hydrogen-bond acceptors (Lipinski definition) is 4. The lowest BCUT2D eigenvalue weighted by atomic mass is 9.89. The first-order valence-electron chi connectivity index (χ1n) is 3.63. The molecule has 0 amide bonds. The van der Waals surface area contributed by atoms with Gasteiger partial charge in [-0.1, -0.05) is 0 Å². The number of hydrogen-bond donors (Lipinski definition) is 4. The quantitative estimate of drug-likeness (QED) is 0.296. The molecule has 1 aliphatic heterocycles. The van der Waals surface area contributed by atoms with Crippen LogP contribution in [0.2, 0.25) is 0 Å². The maximum absolute atomic E-state index is 10.7. The molecular weight excluding hydrogens is 146 g/mol. The highest BCUT2D eigenvalue weighted by atomic mass is 16.4. The second-order valence-electron chi connectivity index (χ2n) is 2.78. The maximum Gasteiger partial charge on any atom is 0.325 e. The van der Waals surface area contributed by atoms with E-state index in [1.807, 2.05) is 0 Å². The topological polar surface area (TPSA) is 87.4 Å². The Morgan fingerprint density at radius 2 is 2.09 bits per heavy atom. The first-order valence-corrected chi connectivity index (χ1v) is 3.63. The third kappa shape index (κ3) is 1.50. The fourth-order valence-electron chi connectivity index (χ4n) is 1.27. The first-order chi connectivity index (χ1) is 5.21. The van der Waals surface area contributed by atoms with E-state index in [9.17, 15) is 4.79 Å². The van der Waals surface area contributed by atoms with Gasteiger partial charge in [-0.3, -0.25) is 10.6 Å². The Kier molecular flexibility index (Phi) is 2.43. The number of nitrogens with one attached hydrogen (secondary N) is 2. The van der Waals surface area contributed by atoms with Crippen LogP contribution in [0.25, 0.3) is 0 Å². The molecule has 64 valence electrons. The molecule has 11 heavy (non-hydrogen) atoms. The van der Waals surface area contributed by atoms with E-state index in [-0.39, 0.29) is 0 Å². The Morgan fingerprint density at radius 3 is 2.36 bits per heavy atom. The number of piperidine rings is 1. The molecule has 1 aliphatic rings. The molecule has 5 heteroatoms. The highest BCUT2D eigenvalue weighted by molar-refractivity contribution is 5.78. The van der Waals surface area contributed by atoms with Gasteiger partial charge in [0.05, 0.1) is 0 Å². The average Bonchev–Trinajstić information content (AvgIpc) is 2.05. The van der Waals surface area contributed by atoms with E-state index < -0.39 is 11.5 Å². The highest BCUT2D eigenvalue weighted by Gasteiger charge is 2.38. The summed E-state index contributed by atoms with van der Waals surface area (Å²) in [5, 5.41) is 11.9. The molecule has 0 spiro atoms. The number of rotatable bonds is 2. The van der Waals surface area contributed by atoms with Crippen LogP contribution in [-0.4, -0.2) is 29.7 Å². The van der Waals surface area contributed by atoms with Crippen molar-refractivity contribution in [2.75, 3.05) is 13.1 Å². The first kappa shape index (κ1) is 8.45. The molecule has 0 aromatic heterocycles. The Labute approximate surface area is 64.9 Å². The lowest BCUT2D eigenvalue weighted by molar-refractivity contribution is -0.146. The number of carbonyl (C=O) groups is 1. The standard InChI is InChI=1S/C6H13N3O2/c7-9-6(5(10)11)1-3-8-4-2-6/h8-9H,1-4,7H2,(H,10,11). The van der Waals surface area contributed by atoms with Crippen LogP contribution in [0.4, 0.5) is 0 Å². The van der Waals surface area contributed by atoms with Crippen molar-refractivity contribution in [1.29, 1.82) is 0 Å². The molecule has 0 bridgehead atoms. The van der Waals surface area contributed by atoms with E-state index >= 15 is 0 Å². The van der Waals surface area contributed by atoms with Crippen LogP contribution in [0.1, 0.15) is 12.8 Å². The predicted molar refractivity (Wildman–Crippen MR) is 39.8 cm³/mol. The summed E-state index contributed by atoms with van der Waals surface area (Å²) in [6.07, 6.45) is 1.08. The van der Waals surface area contributed by atoms with Gasteiger partial charge in [-0.25, -0.2) is 5.43 Å². The van der Waals surface area contributed by atoms with Crippen molar-refractivity contribution in [2.45, 2.75) is 18.4 Å². The van der Waals surface area contributed by atoms with Gasteiger partial charge < -0.3 is 10.4 Å². The molecule has 5 nitrogen and oxygen atoms in total. The number of carboxylic acid groups (broad SMARTS) is 1. The van der Waals surface area contributed by atoms with Gasteiger partial charge >= 0.3 is 5.97 Å². The largest absolute Gasteiger partial charge is 0.480 e. The third-order valence-electron chi connectivity index (χ3n) is 2.14. The van der Waals surface area contributed by atoms with Crippen LogP contribution in [0, 0.1) is 0 Å². The Hall–Kier alpha value is -0.650. The summed E-state index contributed by atoms with van der Waals surface area (Å²) in [6.45, 7) is 1.41. The van der Waals surface area contributed by atoms with E-state index in [0.717, 1.165) is 0 Å². The molecule has 1 rings (SSSR count). The maximum atomic E-state index is 10.7. The molecule has 0 aliphatic carbocycles. The zero-order chi connectivity index (χ0) is 8.32. The van der Waals surface area contributed by atoms with Crippen LogP contribution in [-0.2, 0) is 4.79 Å². The monoisotopic (exact) mass is 159 g/mol. The fourth-order valence-corrected chi connectivity index (χ4v) is 1.27. The second-order valence-corrected chi connectivity index (χ2v) is 2.78. The van der Waals surface area contributed by atoms with Gasteiger partial charge in [-0.15, -0.1) is 0 Å². The Bertz CT molecular complexity index is 154. The van der Waals surface area contributed by atoms with Gasteiger partial charge in [0, 0.05) is 0 Å². The minimum atomic E-state index is -0.898. The molecule has 0 atom stereocenters. The second kappa shape index (κ2) is 3.17. The summed E-state index contributed by atoms with van der Waals surface area (Å²) >= 11 is 0. The number of aliphatic carboxylic acids is 1. The predicted octanol–water partition coefficient (Wildman–Crippen LogP) is -1.34. The van der Waals surface area contributed by atoms with Crippen LogP contribution >= 0.6 is 0 Å². The van der Waals surface area contributed by atoms with E-state index in [1.54, 1.807) is 0 Å². The zero-order valence-corrected chi connectivity index (χ0v) is 6.26. The van der Waals surface area contributed by atoms with Crippen LogP contribution in [0.15, 0.2) is 0 Å². The van der Waals surface area contributed by atoms with Gasteiger partial charge in [-0.05, 0) is 25.9 Å². The SMILES string of the molecule is NNC1(C(=O)O)CCNCC1. The smallest absolute Gasteiger partial charge is 0.325 e. The molecule has 0 aromatic rings. The van der Waals surface area contributed by atoms with Gasteiger partial charge in [0.15, 0.2) is 0 Å². The molecular formula is C6H13N3O2. The van der Waals surface area contributed by atoms with Crippen LogP contribution < -0.4 is 16.6 Å². The summed E-state index contributed by atoms with van der Waals surface area (Å²) in [5.41, 5.74) is 1.48. The van der Waals surface area contributed by atoms with Gasteiger partial charge in [0.2, 0.25) is 0 Å². The number of carboxylic acids is 1. The third-order valence-corrected chi connectivity index (χ3v) is 2.14. The molecule has 1 heterocycles. The van der Waals surface area contributed by atoms with Crippen molar-refractivity contribution in [3.05, 3.63) is 0 Å². The number of hydrazine groups is 1. The van der Waals surface area contributed by atoms with Crippen molar-refractivity contribution in [3.63, 3.8) is 0 Å². The van der Waals surface area contributed by atoms with Crippen molar-refractivity contribution >= 4 is 5.97 Å². The average molecular weight is 159 g/mol. The van der Waals surface area contributed by atoms with Crippen molar-refractivity contribution in [1.82, 2.24) is 10.7 Å². The minimum Gasteiger partial charge on any atom is -0.480 e. The summed E-state index contributed by atoms with van der Waals surface area (Å²) < 4.78 is 0. The normalized spacial score (nSPS) is 23.0. The summed E-state index contributed by atoms with van der Waals surface area (Å²) in [4.78, 5) is 10.7. The molecule has 1 saturated heterocycles. The van der Waals surface area contributed by atoms with Crippen molar-refractivity contribution in [2.24, 2.45) is 5.84 Å².